The van der Waals surface area contributed by atoms with Gasteiger partial charge in [0.15, 0.2) is 5.11 Å². The molecule has 0 unspecified atom stereocenters. The van der Waals surface area contributed by atoms with Crippen LogP contribution >= 0.6 is 12.2 Å². The standard InChI is InChI=1S/C26H31N5OS/c1-6-22(32)28-20-11-10-19(15-17(20)2)31-24(18-12-14-30(16-18)26(3,4)5)23(29-25(31)33)21-9-7-8-13-27-21/h7-16,23-24H,6H2,1-5H3,(H,28,32)(H,29,33)/t23-,24-/m0/s1. The van der Waals surface area contributed by atoms with Gasteiger partial charge in [0.1, 0.15) is 0 Å². The average molecular weight is 462 g/mol. The number of nitrogens with one attached hydrogen (secondary N) is 2. The van der Waals surface area contributed by atoms with Crippen molar-refractivity contribution in [3.05, 3.63) is 77.9 Å². The van der Waals surface area contributed by atoms with Crippen LogP contribution in [0, 0.1) is 6.92 Å². The van der Waals surface area contributed by atoms with Crippen molar-refractivity contribution < 1.29 is 4.79 Å². The van der Waals surface area contributed by atoms with Gasteiger partial charge in [0, 0.05) is 41.9 Å². The van der Waals surface area contributed by atoms with Crippen LogP contribution in [0.1, 0.15) is 63.0 Å². The fourth-order valence-electron chi connectivity index (χ4n) is 4.15. The largest absolute Gasteiger partial charge is 0.351 e. The first-order valence-electron chi connectivity index (χ1n) is 11.3. The molecule has 0 radical (unpaired) electrons. The zero-order valence-electron chi connectivity index (χ0n) is 19.8. The average Bonchev–Trinajstić information content (AvgIpc) is 3.40. The van der Waals surface area contributed by atoms with Crippen LogP contribution in [0.15, 0.2) is 61.1 Å². The van der Waals surface area contributed by atoms with Crippen molar-refractivity contribution in [3.63, 3.8) is 0 Å². The number of thiocarbonyl (C=S) groups is 1. The van der Waals surface area contributed by atoms with Gasteiger partial charge in [-0.1, -0.05) is 13.0 Å². The van der Waals surface area contributed by atoms with Crippen LogP contribution in [0.5, 0.6) is 0 Å². The normalized spacial score (nSPS) is 18.3. The van der Waals surface area contributed by atoms with Gasteiger partial charge in [-0.15, -0.1) is 0 Å². The van der Waals surface area contributed by atoms with Crippen molar-refractivity contribution in [3.8, 4) is 0 Å². The summed E-state index contributed by atoms with van der Waals surface area (Å²) in [6.45, 7) is 10.4. The molecule has 172 valence electrons. The summed E-state index contributed by atoms with van der Waals surface area (Å²) in [7, 11) is 0. The monoisotopic (exact) mass is 461 g/mol. The number of carbonyl (C=O) groups excluding carboxylic acids is 1. The highest BCUT2D eigenvalue weighted by atomic mass is 32.1. The van der Waals surface area contributed by atoms with Crippen LogP contribution in [0.4, 0.5) is 11.4 Å². The molecule has 7 heteroatoms. The number of aromatic nitrogens is 2. The number of benzene rings is 1. The topological polar surface area (TPSA) is 62.2 Å². The lowest BCUT2D eigenvalue weighted by atomic mass is 9.98. The van der Waals surface area contributed by atoms with E-state index in [1.807, 2.05) is 50.4 Å². The van der Waals surface area contributed by atoms with Gasteiger partial charge in [-0.3, -0.25) is 9.78 Å². The van der Waals surface area contributed by atoms with Gasteiger partial charge >= 0.3 is 0 Å². The summed E-state index contributed by atoms with van der Waals surface area (Å²) in [6, 6.07) is 14.0. The molecule has 1 aliphatic rings. The molecule has 0 spiro atoms. The van der Waals surface area contributed by atoms with Crippen molar-refractivity contribution in [2.24, 2.45) is 0 Å². The van der Waals surface area contributed by atoms with Gasteiger partial charge in [0.05, 0.1) is 17.8 Å². The lowest BCUT2D eigenvalue weighted by Gasteiger charge is -2.28. The molecule has 1 fully saturated rings. The Morgan fingerprint density at radius 1 is 1.21 bits per heavy atom. The third kappa shape index (κ3) is 4.64. The molecule has 0 bridgehead atoms. The Bertz CT molecular complexity index is 1160. The SMILES string of the molecule is CCC(=O)Nc1ccc(N2C(=S)N[C@@H](c3ccccn3)[C@@H]2c2ccn(C(C)(C)C)c2)cc1C. The molecule has 2 N–H and O–H groups in total. The zero-order valence-corrected chi connectivity index (χ0v) is 20.6. The fourth-order valence-corrected chi connectivity index (χ4v) is 4.50. The number of hydrogen-bond donors (Lipinski definition) is 2. The first-order chi connectivity index (χ1) is 15.7. The minimum Gasteiger partial charge on any atom is -0.351 e. The molecule has 3 heterocycles. The Hall–Kier alpha value is -3.19. The smallest absolute Gasteiger partial charge is 0.224 e. The summed E-state index contributed by atoms with van der Waals surface area (Å²) >= 11 is 5.83. The summed E-state index contributed by atoms with van der Waals surface area (Å²) in [6.07, 6.45) is 6.58. The zero-order chi connectivity index (χ0) is 23.8. The molecular formula is C26H31N5OS. The lowest BCUT2D eigenvalue weighted by molar-refractivity contribution is -0.115. The van der Waals surface area contributed by atoms with Crippen LogP contribution in [0.2, 0.25) is 0 Å². The van der Waals surface area contributed by atoms with E-state index >= 15 is 0 Å². The Kier molecular flexibility index (Phi) is 6.26. The van der Waals surface area contributed by atoms with Crippen molar-refractivity contribution in [2.45, 2.75) is 58.7 Å². The minimum atomic E-state index is -0.0886. The minimum absolute atomic E-state index is 0.000762. The third-order valence-corrected chi connectivity index (χ3v) is 6.33. The molecule has 2 atom stereocenters. The van der Waals surface area contributed by atoms with Crippen LogP contribution in [0.3, 0.4) is 0 Å². The van der Waals surface area contributed by atoms with E-state index in [9.17, 15) is 4.79 Å². The van der Waals surface area contributed by atoms with Gasteiger partial charge in [-0.25, -0.2) is 0 Å². The van der Waals surface area contributed by atoms with Gasteiger partial charge in [0.2, 0.25) is 5.91 Å². The summed E-state index contributed by atoms with van der Waals surface area (Å²) in [5, 5.41) is 7.13. The highest BCUT2D eigenvalue weighted by molar-refractivity contribution is 7.80. The molecule has 1 saturated heterocycles. The lowest BCUT2D eigenvalue weighted by Crippen LogP contribution is -2.29. The van der Waals surface area contributed by atoms with Crippen molar-refractivity contribution in [1.29, 1.82) is 0 Å². The van der Waals surface area contributed by atoms with E-state index in [1.54, 1.807) is 0 Å². The predicted octanol–water partition coefficient (Wildman–Crippen LogP) is 5.47. The fraction of sp³-hybridized carbons (Fsp3) is 0.346. The van der Waals surface area contributed by atoms with Crippen molar-refractivity contribution in [2.75, 3.05) is 10.2 Å². The van der Waals surface area contributed by atoms with E-state index in [4.69, 9.17) is 12.2 Å². The highest BCUT2D eigenvalue weighted by Gasteiger charge is 2.41. The third-order valence-electron chi connectivity index (χ3n) is 6.01. The number of aryl methyl sites for hydroxylation is 1. The highest BCUT2D eigenvalue weighted by Crippen LogP contribution is 2.42. The van der Waals surface area contributed by atoms with E-state index in [1.165, 1.54) is 0 Å². The summed E-state index contributed by atoms with van der Waals surface area (Å²) in [4.78, 5) is 18.7. The summed E-state index contributed by atoms with van der Waals surface area (Å²) in [5.41, 5.74) is 4.87. The Morgan fingerprint density at radius 2 is 2.00 bits per heavy atom. The maximum atomic E-state index is 11.9. The van der Waals surface area contributed by atoms with Gasteiger partial charge < -0.3 is 20.1 Å². The number of amides is 1. The molecular weight excluding hydrogens is 430 g/mol. The Labute approximate surface area is 201 Å². The first-order valence-corrected chi connectivity index (χ1v) is 11.7. The van der Waals surface area contributed by atoms with E-state index in [0.717, 1.165) is 28.2 Å². The van der Waals surface area contributed by atoms with Crippen molar-refractivity contribution >= 4 is 34.6 Å². The first kappa shape index (κ1) is 23.0. The molecule has 1 amide bonds. The second-order valence-electron chi connectivity index (χ2n) is 9.42. The van der Waals surface area contributed by atoms with E-state index < -0.39 is 0 Å². The van der Waals surface area contributed by atoms with Crippen LogP contribution in [0.25, 0.3) is 0 Å². The second kappa shape index (κ2) is 8.98. The molecule has 6 nitrogen and oxygen atoms in total. The molecule has 0 saturated carbocycles. The van der Waals surface area contributed by atoms with Gasteiger partial charge in [-0.05, 0) is 87.4 Å². The molecule has 1 aliphatic heterocycles. The Morgan fingerprint density at radius 3 is 2.61 bits per heavy atom. The van der Waals surface area contributed by atoms with Crippen LogP contribution < -0.4 is 15.5 Å². The predicted molar refractivity (Wildman–Crippen MR) is 137 cm³/mol. The number of hydrogen-bond acceptors (Lipinski definition) is 3. The molecule has 33 heavy (non-hydrogen) atoms. The molecule has 2 aromatic heterocycles. The number of nitrogens with zero attached hydrogens (tertiary/aromatic N) is 3. The molecule has 1 aromatic carbocycles. The van der Waals surface area contributed by atoms with E-state index in [0.29, 0.717) is 11.5 Å². The van der Waals surface area contributed by atoms with E-state index in [2.05, 4.69) is 70.4 Å². The number of rotatable bonds is 5. The van der Waals surface area contributed by atoms with E-state index in [-0.39, 0.29) is 23.5 Å². The quantitative estimate of drug-likeness (QED) is 0.493. The van der Waals surface area contributed by atoms with Gasteiger partial charge in [-0.2, -0.15) is 0 Å². The number of carbonyl (C=O) groups is 1. The summed E-state index contributed by atoms with van der Waals surface area (Å²) in [5.74, 6) is 0.000762. The Balaban J connectivity index is 1.77. The van der Waals surface area contributed by atoms with Crippen LogP contribution in [-0.4, -0.2) is 20.6 Å². The maximum Gasteiger partial charge on any atom is 0.224 e. The molecule has 0 aliphatic carbocycles. The second-order valence-corrected chi connectivity index (χ2v) is 9.81. The van der Waals surface area contributed by atoms with Gasteiger partial charge in [0.25, 0.3) is 0 Å². The van der Waals surface area contributed by atoms with Crippen molar-refractivity contribution in [1.82, 2.24) is 14.9 Å². The molecule has 3 aromatic rings. The van der Waals surface area contributed by atoms with Crippen LogP contribution in [-0.2, 0) is 10.3 Å². The molecule has 4 rings (SSSR count). The number of pyridine rings is 1. The summed E-state index contributed by atoms with van der Waals surface area (Å²) < 4.78 is 2.23. The number of anilines is 2. The maximum absolute atomic E-state index is 11.9.